The molecule has 0 atom stereocenters. The highest BCUT2D eigenvalue weighted by Crippen LogP contribution is 2.19. The Balaban J connectivity index is 2.09. The van der Waals surface area contributed by atoms with Crippen molar-refractivity contribution in [2.75, 3.05) is 0 Å². The molecule has 0 aromatic heterocycles. The highest BCUT2D eigenvalue weighted by molar-refractivity contribution is 6.30. The van der Waals surface area contributed by atoms with Gasteiger partial charge in [0.1, 0.15) is 18.2 Å². The minimum atomic E-state index is -0.452. The number of hydrogen-bond acceptors (Lipinski definition) is 3. The molecule has 0 aliphatic rings. The van der Waals surface area contributed by atoms with Crippen LogP contribution in [0.25, 0.3) is 0 Å². The van der Waals surface area contributed by atoms with E-state index >= 15 is 0 Å². The monoisotopic (exact) mass is 293 g/mol. The van der Waals surface area contributed by atoms with Gasteiger partial charge >= 0.3 is 0 Å². The quantitative estimate of drug-likeness (QED) is 0.520. The van der Waals surface area contributed by atoms with Crippen LogP contribution in [-0.2, 0) is 6.61 Å². The van der Waals surface area contributed by atoms with Gasteiger partial charge in [-0.2, -0.15) is 0 Å². The number of benzene rings is 2. The van der Waals surface area contributed by atoms with Gasteiger partial charge in [0.15, 0.2) is 0 Å². The molecule has 0 spiro atoms. The molecular formula is C15H13ClFNO2. The molecule has 2 rings (SSSR count). The van der Waals surface area contributed by atoms with Gasteiger partial charge in [0.2, 0.25) is 0 Å². The van der Waals surface area contributed by atoms with Crippen molar-refractivity contribution in [2.24, 2.45) is 5.16 Å². The summed E-state index contributed by atoms with van der Waals surface area (Å²) in [6.07, 6.45) is 0. The molecular weight excluding hydrogens is 281 g/mol. The second-order valence-electron chi connectivity index (χ2n) is 4.25. The zero-order valence-electron chi connectivity index (χ0n) is 10.8. The van der Waals surface area contributed by atoms with Crippen molar-refractivity contribution in [3.05, 3.63) is 64.4 Å². The third kappa shape index (κ3) is 3.48. The van der Waals surface area contributed by atoms with Crippen LogP contribution in [0.4, 0.5) is 4.39 Å². The topological polar surface area (TPSA) is 41.8 Å². The Morgan fingerprint density at radius 1 is 1.30 bits per heavy atom. The summed E-state index contributed by atoms with van der Waals surface area (Å²) < 4.78 is 18.6. The van der Waals surface area contributed by atoms with Crippen LogP contribution in [0.1, 0.15) is 18.1 Å². The van der Waals surface area contributed by atoms with Crippen LogP contribution in [0, 0.1) is 5.82 Å². The summed E-state index contributed by atoms with van der Waals surface area (Å²) in [6, 6.07) is 11.6. The Morgan fingerprint density at radius 2 is 2.10 bits per heavy atom. The minimum Gasteiger partial charge on any atom is -0.489 e. The molecule has 3 nitrogen and oxygen atoms in total. The average molecular weight is 294 g/mol. The van der Waals surface area contributed by atoms with Crippen LogP contribution >= 0.6 is 11.6 Å². The van der Waals surface area contributed by atoms with Gasteiger partial charge in [-0.3, -0.25) is 0 Å². The highest BCUT2D eigenvalue weighted by atomic mass is 35.5. The lowest BCUT2D eigenvalue weighted by Crippen LogP contribution is -1.98. The molecule has 0 radical (unpaired) electrons. The molecule has 0 unspecified atom stereocenters. The number of nitrogens with zero attached hydrogens (tertiary/aromatic N) is 1. The van der Waals surface area contributed by atoms with Crippen LogP contribution in [0.5, 0.6) is 5.75 Å². The maximum absolute atomic E-state index is 13.0. The van der Waals surface area contributed by atoms with Crippen LogP contribution in [0.2, 0.25) is 5.02 Å². The maximum Gasteiger partial charge on any atom is 0.141 e. The van der Waals surface area contributed by atoms with E-state index in [4.69, 9.17) is 21.5 Å². The largest absolute Gasteiger partial charge is 0.489 e. The Kier molecular flexibility index (Phi) is 4.58. The van der Waals surface area contributed by atoms with Crippen molar-refractivity contribution < 1.29 is 14.3 Å². The molecule has 0 fully saturated rings. The molecule has 0 bridgehead atoms. The number of ether oxygens (including phenoxy) is 1. The van der Waals surface area contributed by atoms with Gasteiger partial charge in [-0.1, -0.05) is 35.0 Å². The third-order valence-corrected chi connectivity index (χ3v) is 3.08. The standard InChI is InChI=1S/C15H13ClFNO2/c1-10(18-19)12-3-2-4-13(8-12)20-9-11-5-6-15(17)14(16)7-11/h2-8,19H,9H2,1H3/b18-10-. The lowest BCUT2D eigenvalue weighted by Gasteiger charge is -2.08. The fourth-order valence-corrected chi connectivity index (χ4v) is 1.87. The molecule has 5 heteroatoms. The van der Waals surface area contributed by atoms with Gasteiger partial charge in [-0.15, -0.1) is 0 Å². The van der Waals surface area contributed by atoms with Crippen LogP contribution < -0.4 is 4.74 Å². The number of rotatable bonds is 4. The summed E-state index contributed by atoms with van der Waals surface area (Å²) in [7, 11) is 0. The van der Waals surface area contributed by atoms with E-state index in [1.54, 1.807) is 31.2 Å². The predicted molar refractivity (Wildman–Crippen MR) is 76.2 cm³/mol. The summed E-state index contributed by atoms with van der Waals surface area (Å²) in [5.41, 5.74) is 2.04. The first-order valence-electron chi connectivity index (χ1n) is 5.96. The first-order valence-corrected chi connectivity index (χ1v) is 6.34. The maximum atomic E-state index is 13.0. The summed E-state index contributed by atoms with van der Waals surface area (Å²) in [5.74, 6) is 0.179. The average Bonchev–Trinajstić information content (AvgIpc) is 2.48. The second-order valence-corrected chi connectivity index (χ2v) is 4.66. The molecule has 2 aromatic carbocycles. The van der Waals surface area contributed by atoms with Gasteiger partial charge < -0.3 is 9.94 Å². The van der Waals surface area contributed by atoms with Crippen LogP contribution in [0.15, 0.2) is 47.6 Å². The van der Waals surface area contributed by atoms with Crippen molar-refractivity contribution in [3.8, 4) is 5.75 Å². The number of halogens is 2. The smallest absolute Gasteiger partial charge is 0.141 e. The second kappa shape index (κ2) is 6.39. The predicted octanol–water partition coefficient (Wildman–Crippen LogP) is 4.26. The van der Waals surface area contributed by atoms with Crippen LogP contribution in [0.3, 0.4) is 0 Å². The Bertz CT molecular complexity index is 644. The van der Waals surface area contributed by atoms with Crippen LogP contribution in [-0.4, -0.2) is 10.9 Å². The lowest BCUT2D eigenvalue weighted by molar-refractivity contribution is 0.306. The van der Waals surface area contributed by atoms with E-state index < -0.39 is 5.82 Å². The Hall–Kier alpha value is -2.07. The fraction of sp³-hybridized carbons (Fsp3) is 0.133. The molecule has 2 aromatic rings. The molecule has 0 aliphatic heterocycles. The first-order chi connectivity index (χ1) is 9.60. The van der Waals surface area contributed by atoms with E-state index in [1.165, 1.54) is 12.1 Å². The number of oxime groups is 1. The highest BCUT2D eigenvalue weighted by Gasteiger charge is 2.03. The van der Waals surface area contributed by atoms with Crippen molar-refractivity contribution >= 4 is 17.3 Å². The molecule has 20 heavy (non-hydrogen) atoms. The van der Waals surface area contributed by atoms with E-state index in [9.17, 15) is 4.39 Å². The zero-order chi connectivity index (χ0) is 14.5. The molecule has 104 valence electrons. The van der Waals surface area contributed by atoms with E-state index in [1.807, 2.05) is 6.07 Å². The molecule has 0 amide bonds. The van der Waals surface area contributed by atoms with Crippen molar-refractivity contribution in [2.45, 2.75) is 13.5 Å². The van der Waals surface area contributed by atoms with Crippen molar-refractivity contribution in [3.63, 3.8) is 0 Å². The third-order valence-electron chi connectivity index (χ3n) is 2.79. The SMILES string of the molecule is C/C(=N/O)c1cccc(OCc2ccc(F)c(Cl)c2)c1. The van der Waals surface area contributed by atoms with Gasteiger partial charge in [0, 0.05) is 5.56 Å². The van der Waals surface area contributed by atoms with Gasteiger partial charge in [-0.05, 0) is 36.8 Å². The van der Waals surface area contributed by atoms with E-state index in [2.05, 4.69) is 5.16 Å². The first kappa shape index (κ1) is 14.3. The molecule has 0 saturated heterocycles. The molecule has 1 N–H and O–H groups in total. The van der Waals surface area contributed by atoms with Crippen molar-refractivity contribution in [1.29, 1.82) is 0 Å². The summed E-state index contributed by atoms with van der Waals surface area (Å²) in [6.45, 7) is 1.97. The van der Waals surface area contributed by atoms with E-state index in [0.29, 0.717) is 11.5 Å². The van der Waals surface area contributed by atoms with E-state index in [-0.39, 0.29) is 11.6 Å². The van der Waals surface area contributed by atoms with Gasteiger partial charge in [0.05, 0.1) is 10.7 Å². The van der Waals surface area contributed by atoms with Crippen molar-refractivity contribution in [1.82, 2.24) is 0 Å². The van der Waals surface area contributed by atoms with Gasteiger partial charge in [-0.25, -0.2) is 4.39 Å². The molecule has 0 saturated carbocycles. The molecule has 0 aliphatic carbocycles. The van der Waals surface area contributed by atoms with Gasteiger partial charge in [0.25, 0.3) is 0 Å². The summed E-state index contributed by atoms with van der Waals surface area (Å²) >= 11 is 5.71. The fourth-order valence-electron chi connectivity index (χ4n) is 1.66. The summed E-state index contributed by atoms with van der Waals surface area (Å²) in [4.78, 5) is 0. The lowest BCUT2D eigenvalue weighted by atomic mass is 10.1. The molecule has 0 heterocycles. The number of hydrogen-bond donors (Lipinski definition) is 1. The Morgan fingerprint density at radius 3 is 2.80 bits per heavy atom. The summed E-state index contributed by atoms with van der Waals surface area (Å²) in [5, 5.41) is 12.0. The normalized spacial score (nSPS) is 11.4. The van der Waals surface area contributed by atoms with E-state index in [0.717, 1.165) is 11.1 Å². The zero-order valence-corrected chi connectivity index (χ0v) is 11.6. The Labute approximate surface area is 121 Å². The minimum absolute atomic E-state index is 0.0723.